The summed E-state index contributed by atoms with van der Waals surface area (Å²) in [5, 5.41) is 2.37. The van der Waals surface area contributed by atoms with Gasteiger partial charge in [0, 0.05) is 20.0 Å². The average Bonchev–Trinajstić information content (AvgIpc) is 2.77. The minimum Gasteiger partial charge on any atom is -0.377 e. The van der Waals surface area contributed by atoms with E-state index < -0.39 is 0 Å². The number of nitrogens with one attached hydrogen (secondary N) is 1. The van der Waals surface area contributed by atoms with Crippen LogP contribution in [0.5, 0.6) is 0 Å². The van der Waals surface area contributed by atoms with Crippen LogP contribution >= 0.6 is 0 Å². The first-order chi connectivity index (χ1) is 15.4. The summed E-state index contributed by atoms with van der Waals surface area (Å²) in [6, 6.07) is 0. The molecule has 4 heteroatoms. The minimum atomic E-state index is -0.130. The van der Waals surface area contributed by atoms with Crippen LogP contribution in [0, 0.1) is 5.92 Å². The maximum Gasteiger partial charge on any atom is 0.226 e. The van der Waals surface area contributed by atoms with E-state index in [9.17, 15) is 9.59 Å². The van der Waals surface area contributed by atoms with Gasteiger partial charge in [0.15, 0.2) is 0 Å². The Hall–Kier alpha value is -1.94. The molecule has 1 unspecified atom stereocenters. The molecule has 1 aliphatic heterocycles. The van der Waals surface area contributed by atoms with Gasteiger partial charge in [0.1, 0.15) is 0 Å². The molecule has 0 saturated carbocycles. The van der Waals surface area contributed by atoms with Gasteiger partial charge < -0.3 is 4.74 Å². The van der Waals surface area contributed by atoms with Gasteiger partial charge in [-0.2, -0.15) is 0 Å². The predicted octanol–water partition coefficient (Wildman–Crippen LogP) is 7.23. The molecular weight excluding hydrogens is 398 g/mol. The Labute approximate surface area is 197 Å². The number of amides is 2. The van der Waals surface area contributed by atoms with Gasteiger partial charge in [-0.15, -0.1) is 6.58 Å². The van der Waals surface area contributed by atoms with Crippen LogP contribution in [0.4, 0.5) is 0 Å². The Kier molecular flexibility index (Phi) is 18.5. The molecule has 0 aromatic carbocycles. The normalized spacial score (nSPS) is 15.8. The zero-order valence-corrected chi connectivity index (χ0v) is 21.1. The van der Waals surface area contributed by atoms with E-state index in [1.807, 2.05) is 19.9 Å². The van der Waals surface area contributed by atoms with Crippen LogP contribution < -0.4 is 5.32 Å². The molecule has 1 fully saturated rings. The van der Waals surface area contributed by atoms with Gasteiger partial charge in [0.2, 0.25) is 11.8 Å². The van der Waals surface area contributed by atoms with E-state index in [0.717, 1.165) is 57.8 Å². The van der Waals surface area contributed by atoms with Crippen molar-refractivity contribution in [1.82, 2.24) is 5.32 Å². The van der Waals surface area contributed by atoms with Crippen LogP contribution in [0.15, 0.2) is 48.6 Å². The highest BCUT2D eigenvalue weighted by Crippen LogP contribution is 2.22. The van der Waals surface area contributed by atoms with Crippen LogP contribution in [0.2, 0.25) is 0 Å². The van der Waals surface area contributed by atoms with Crippen molar-refractivity contribution < 1.29 is 14.3 Å². The Balaban J connectivity index is 0.00000466. The van der Waals surface area contributed by atoms with Gasteiger partial charge in [-0.1, -0.05) is 62.3 Å². The fourth-order valence-corrected chi connectivity index (χ4v) is 3.73. The Morgan fingerprint density at radius 1 is 1.12 bits per heavy atom. The third kappa shape index (κ3) is 15.8. The number of hydrogen-bond acceptors (Lipinski definition) is 3. The lowest BCUT2D eigenvalue weighted by Gasteiger charge is -2.20. The van der Waals surface area contributed by atoms with E-state index in [2.05, 4.69) is 43.6 Å². The second kappa shape index (κ2) is 19.7. The summed E-state index contributed by atoms with van der Waals surface area (Å²) < 4.78 is 5.53. The van der Waals surface area contributed by atoms with Crippen molar-refractivity contribution in [1.29, 1.82) is 0 Å². The van der Waals surface area contributed by atoms with Crippen LogP contribution in [-0.2, 0) is 14.3 Å². The molecule has 4 nitrogen and oxygen atoms in total. The highest BCUT2D eigenvalue weighted by molar-refractivity contribution is 5.97. The quantitative estimate of drug-likeness (QED) is 0.155. The Morgan fingerprint density at radius 3 is 2.44 bits per heavy atom. The summed E-state index contributed by atoms with van der Waals surface area (Å²) in [5.41, 5.74) is 2.64. The number of imide groups is 1. The molecule has 0 aliphatic carbocycles. The third-order valence-electron chi connectivity index (χ3n) is 5.61. The van der Waals surface area contributed by atoms with Gasteiger partial charge in [-0.05, 0) is 70.6 Å². The largest absolute Gasteiger partial charge is 0.377 e. The van der Waals surface area contributed by atoms with E-state index in [-0.39, 0.29) is 23.8 Å². The molecule has 2 amide bonds. The first-order valence-corrected chi connectivity index (χ1v) is 12.4. The monoisotopic (exact) mass is 445 g/mol. The van der Waals surface area contributed by atoms with Crippen molar-refractivity contribution in [3.05, 3.63) is 48.6 Å². The summed E-state index contributed by atoms with van der Waals surface area (Å²) in [6.07, 6.45) is 20.1. The van der Waals surface area contributed by atoms with Crippen molar-refractivity contribution in [2.45, 2.75) is 104 Å². The summed E-state index contributed by atoms with van der Waals surface area (Å²) in [7, 11) is 1.78. The molecule has 0 bridgehead atoms. The van der Waals surface area contributed by atoms with E-state index >= 15 is 0 Å². The second-order valence-corrected chi connectivity index (χ2v) is 8.46. The topological polar surface area (TPSA) is 55.4 Å². The van der Waals surface area contributed by atoms with Crippen molar-refractivity contribution in [2.24, 2.45) is 5.92 Å². The van der Waals surface area contributed by atoms with E-state index in [1.165, 1.54) is 17.6 Å². The van der Waals surface area contributed by atoms with Crippen molar-refractivity contribution in [2.75, 3.05) is 7.11 Å². The van der Waals surface area contributed by atoms with Gasteiger partial charge in [-0.3, -0.25) is 14.9 Å². The highest BCUT2D eigenvalue weighted by atomic mass is 16.5. The summed E-state index contributed by atoms with van der Waals surface area (Å²) in [4.78, 5) is 22.8. The van der Waals surface area contributed by atoms with Crippen LogP contribution in [0.3, 0.4) is 0 Å². The lowest BCUT2D eigenvalue weighted by Crippen LogP contribution is -2.38. The van der Waals surface area contributed by atoms with Crippen molar-refractivity contribution in [3.63, 3.8) is 0 Å². The van der Waals surface area contributed by atoms with Gasteiger partial charge in [0.05, 0.1) is 6.10 Å². The molecule has 32 heavy (non-hydrogen) atoms. The predicted molar refractivity (Wildman–Crippen MR) is 136 cm³/mol. The average molecular weight is 446 g/mol. The summed E-state index contributed by atoms with van der Waals surface area (Å²) in [5.74, 6) is -0.0626. The highest BCUT2D eigenvalue weighted by Gasteiger charge is 2.24. The number of carbonyl (C=O) groups is 2. The maximum absolute atomic E-state index is 11.4. The number of allylic oxidation sites excluding steroid dienone is 5. The molecule has 1 saturated heterocycles. The first kappa shape index (κ1) is 30.1. The number of ether oxygens (including phenoxy) is 1. The fraction of sp³-hybridized carbons (Fsp3) is 0.643. The number of carbonyl (C=O) groups excluding carboxylic acids is 2. The van der Waals surface area contributed by atoms with E-state index in [4.69, 9.17) is 4.74 Å². The Morgan fingerprint density at radius 2 is 1.81 bits per heavy atom. The summed E-state index contributed by atoms with van der Waals surface area (Å²) in [6.45, 7) is 14.1. The number of rotatable bonds is 16. The number of hydrogen-bond donors (Lipinski definition) is 1. The Bertz CT molecular complexity index is 602. The van der Waals surface area contributed by atoms with Gasteiger partial charge in [0.25, 0.3) is 0 Å². The maximum atomic E-state index is 11.4. The van der Waals surface area contributed by atoms with Gasteiger partial charge >= 0.3 is 0 Å². The molecule has 1 N–H and O–H groups in total. The second-order valence-electron chi connectivity index (χ2n) is 8.46. The lowest BCUT2D eigenvalue weighted by molar-refractivity contribution is -0.134. The molecule has 0 aromatic rings. The van der Waals surface area contributed by atoms with Crippen LogP contribution in [0.1, 0.15) is 97.8 Å². The van der Waals surface area contributed by atoms with Gasteiger partial charge in [-0.25, -0.2) is 0 Å². The molecule has 182 valence electrons. The summed E-state index contributed by atoms with van der Waals surface area (Å²) >= 11 is 0. The van der Waals surface area contributed by atoms with Crippen molar-refractivity contribution >= 4 is 11.8 Å². The first-order valence-electron chi connectivity index (χ1n) is 12.4. The van der Waals surface area contributed by atoms with E-state index in [1.54, 1.807) is 7.11 Å². The molecule has 0 radical (unpaired) electrons. The third-order valence-corrected chi connectivity index (χ3v) is 5.61. The zero-order valence-electron chi connectivity index (χ0n) is 21.1. The molecule has 0 spiro atoms. The fourth-order valence-electron chi connectivity index (χ4n) is 3.73. The van der Waals surface area contributed by atoms with Crippen molar-refractivity contribution in [3.8, 4) is 0 Å². The molecular formula is C28H47NO3. The smallest absolute Gasteiger partial charge is 0.226 e. The molecule has 1 aliphatic rings. The SMILES string of the molecule is C=CCC/C=C/C(CCCC/C(C)=C/CC(=C)CCCC1CC(=O)NC(=O)C1)OC.CC. The number of methoxy groups -OCH3 is 1. The standard InChI is InChI=1S/C26H41NO3.C2H6/c1-5-6-7-8-15-24(30-4)16-10-9-12-21(2)17-18-22(3)13-11-14-23-19-25(28)27-26(29)20-23;1-2/h5,8,15,17,23-24H,1,3,6-7,9-14,16,18-20H2,2,4H3,(H,27,28,29);1-2H3/b15-8+,21-17+;. The van der Waals surface area contributed by atoms with E-state index in [0.29, 0.717) is 12.8 Å². The molecule has 1 rings (SSSR count). The number of unbranched alkanes of at least 4 members (excludes halogenated alkanes) is 2. The van der Waals surface area contributed by atoms with Crippen LogP contribution in [-0.4, -0.2) is 25.0 Å². The minimum absolute atomic E-state index is 0.130. The molecule has 1 heterocycles. The molecule has 0 aromatic heterocycles. The molecule has 1 atom stereocenters. The van der Waals surface area contributed by atoms with Crippen LogP contribution in [0.25, 0.3) is 0 Å². The lowest BCUT2D eigenvalue weighted by atomic mass is 9.90. The zero-order chi connectivity index (χ0) is 24.2. The number of piperidine rings is 1.